The number of aryl methyl sites for hydroxylation is 1. The Morgan fingerprint density at radius 3 is 2.50 bits per heavy atom. The molecule has 1 amide bonds. The van der Waals surface area contributed by atoms with E-state index in [0.717, 1.165) is 44.3 Å². The third-order valence-corrected chi connectivity index (χ3v) is 7.27. The summed E-state index contributed by atoms with van der Waals surface area (Å²) in [7, 11) is -3.48. The summed E-state index contributed by atoms with van der Waals surface area (Å²) in [5, 5.41) is 3.17. The van der Waals surface area contributed by atoms with Crippen LogP contribution in [-0.2, 0) is 14.8 Å². The number of hydrogen-bond acceptors (Lipinski definition) is 4. The maximum absolute atomic E-state index is 12.5. The minimum atomic E-state index is -3.48. The Morgan fingerprint density at radius 2 is 1.79 bits per heavy atom. The number of rotatable bonds is 7. The molecular formula is C21H33N3O3S. The lowest BCUT2D eigenvalue weighted by atomic mass is 9.95. The van der Waals surface area contributed by atoms with Crippen LogP contribution in [0.3, 0.4) is 0 Å². The van der Waals surface area contributed by atoms with Crippen LogP contribution < -0.4 is 10.0 Å². The Balaban J connectivity index is 1.45. The molecule has 1 aliphatic carbocycles. The number of hydrogen-bond donors (Lipinski definition) is 2. The number of nitrogens with one attached hydrogen (secondary N) is 2. The zero-order valence-electron chi connectivity index (χ0n) is 16.8. The largest absolute Gasteiger partial charge is 0.352 e. The summed E-state index contributed by atoms with van der Waals surface area (Å²) in [6.07, 6.45) is 7.85. The number of likely N-dealkylation sites (tertiary alicyclic amines) is 1. The molecule has 0 aromatic heterocycles. The van der Waals surface area contributed by atoms with Crippen LogP contribution in [0.4, 0.5) is 0 Å². The van der Waals surface area contributed by atoms with E-state index in [4.69, 9.17) is 0 Å². The van der Waals surface area contributed by atoms with Gasteiger partial charge in [0.2, 0.25) is 15.9 Å². The van der Waals surface area contributed by atoms with E-state index in [1.165, 1.54) is 19.3 Å². The van der Waals surface area contributed by atoms with Crippen LogP contribution in [0.5, 0.6) is 0 Å². The highest BCUT2D eigenvalue weighted by Crippen LogP contribution is 2.19. The molecule has 1 saturated heterocycles. The molecule has 1 aromatic carbocycles. The van der Waals surface area contributed by atoms with Crippen molar-refractivity contribution in [3.63, 3.8) is 0 Å². The van der Waals surface area contributed by atoms with Gasteiger partial charge in [-0.15, -0.1) is 0 Å². The summed E-state index contributed by atoms with van der Waals surface area (Å²) in [4.78, 5) is 14.8. The van der Waals surface area contributed by atoms with Crippen molar-refractivity contribution in [2.75, 3.05) is 26.2 Å². The van der Waals surface area contributed by atoms with Crippen LogP contribution in [0.15, 0.2) is 29.2 Å². The predicted molar refractivity (Wildman–Crippen MR) is 111 cm³/mol. The highest BCUT2D eigenvalue weighted by atomic mass is 32.2. The van der Waals surface area contributed by atoms with Crippen LogP contribution >= 0.6 is 0 Å². The van der Waals surface area contributed by atoms with Gasteiger partial charge in [0.05, 0.1) is 11.4 Å². The van der Waals surface area contributed by atoms with Crippen molar-refractivity contribution >= 4 is 15.9 Å². The highest BCUT2D eigenvalue weighted by Gasteiger charge is 2.24. The molecule has 2 fully saturated rings. The number of benzene rings is 1. The SMILES string of the molecule is Cc1ccc(S(=O)(=O)NCC2CCCN(CC(=O)NC3CCCCC3)C2)cc1. The second kappa shape index (κ2) is 9.85. The van der Waals surface area contributed by atoms with Crippen molar-refractivity contribution in [1.82, 2.24) is 14.9 Å². The fourth-order valence-electron chi connectivity index (χ4n) is 4.21. The summed E-state index contributed by atoms with van der Waals surface area (Å²) in [6, 6.07) is 7.23. The zero-order chi connectivity index (χ0) is 20.0. The molecular weight excluding hydrogens is 374 g/mol. The third-order valence-electron chi connectivity index (χ3n) is 5.83. The molecule has 1 heterocycles. The monoisotopic (exact) mass is 407 g/mol. The van der Waals surface area contributed by atoms with E-state index in [1.54, 1.807) is 12.1 Å². The molecule has 0 spiro atoms. The lowest BCUT2D eigenvalue weighted by Crippen LogP contribution is -2.47. The van der Waals surface area contributed by atoms with E-state index in [9.17, 15) is 13.2 Å². The number of amides is 1. The van der Waals surface area contributed by atoms with Gasteiger partial charge in [-0.2, -0.15) is 0 Å². The van der Waals surface area contributed by atoms with E-state index >= 15 is 0 Å². The number of nitrogens with zero attached hydrogens (tertiary/aromatic N) is 1. The maximum Gasteiger partial charge on any atom is 0.240 e. The normalized spacial score (nSPS) is 22.1. The molecule has 1 saturated carbocycles. The van der Waals surface area contributed by atoms with Gasteiger partial charge < -0.3 is 5.32 Å². The van der Waals surface area contributed by atoms with Crippen molar-refractivity contribution in [2.45, 2.75) is 62.8 Å². The van der Waals surface area contributed by atoms with E-state index in [1.807, 2.05) is 19.1 Å². The Hall–Kier alpha value is -1.44. The third kappa shape index (κ3) is 6.29. The average molecular weight is 408 g/mol. The van der Waals surface area contributed by atoms with E-state index < -0.39 is 10.0 Å². The van der Waals surface area contributed by atoms with Gasteiger partial charge in [0.1, 0.15) is 0 Å². The quantitative estimate of drug-likeness (QED) is 0.728. The summed E-state index contributed by atoms with van der Waals surface area (Å²) >= 11 is 0. The molecule has 28 heavy (non-hydrogen) atoms. The first-order valence-electron chi connectivity index (χ1n) is 10.5. The number of carbonyl (C=O) groups is 1. The number of carbonyl (C=O) groups excluding carboxylic acids is 1. The minimum Gasteiger partial charge on any atom is -0.352 e. The van der Waals surface area contributed by atoms with Crippen molar-refractivity contribution < 1.29 is 13.2 Å². The van der Waals surface area contributed by atoms with Crippen LogP contribution in [0.2, 0.25) is 0 Å². The van der Waals surface area contributed by atoms with Gasteiger partial charge in [-0.1, -0.05) is 37.0 Å². The predicted octanol–water partition coefficient (Wildman–Crippen LogP) is 2.43. The van der Waals surface area contributed by atoms with Crippen molar-refractivity contribution in [3.8, 4) is 0 Å². The molecule has 1 aliphatic heterocycles. The second-order valence-electron chi connectivity index (χ2n) is 8.31. The van der Waals surface area contributed by atoms with Gasteiger partial charge in [-0.3, -0.25) is 9.69 Å². The van der Waals surface area contributed by atoms with Gasteiger partial charge in [0.15, 0.2) is 0 Å². The molecule has 1 aromatic rings. The van der Waals surface area contributed by atoms with Crippen LogP contribution in [0.25, 0.3) is 0 Å². The van der Waals surface area contributed by atoms with Crippen LogP contribution in [0.1, 0.15) is 50.5 Å². The molecule has 1 unspecified atom stereocenters. The maximum atomic E-state index is 12.5. The lowest BCUT2D eigenvalue weighted by molar-refractivity contribution is -0.123. The Bertz CT molecular complexity index is 743. The molecule has 156 valence electrons. The number of piperidine rings is 1. The van der Waals surface area contributed by atoms with Gasteiger partial charge in [-0.05, 0) is 57.2 Å². The molecule has 0 radical (unpaired) electrons. The molecule has 6 nitrogen and oxygen atoms in total. The van der Waals surface area contributed by atoms with Gasteiger partial charge in [0, 0.05) is 19.1 Å². The molecule has 1 atom stereocenters. The minimum absolute atomic E-state index is 0.104. The summed E-state index contributed by atoms with van der Waals surface area (Å²) in [5.41, 5.74) is 1.04. The standard InChI is InChI=1S/C21H33N3O3S/c1-17-9-11-20(12-10-17)28(26,27)22-14-18-6-5-13-24(15-18)16-21(25)23-19-7-3-2-4-8-19/h9-12,18-19,22H,2-8,13-16H2,1H3,(H,23,25). The van der Waals surface area contributed by atoms with Crippen molar-refractivity contribution in [2.24, 2.45) is 5.92 Å². The summed E-state index contributed by atoms with van der Waals surface area (Å²) in [6.45, 7) is 4.42. The first kappa shape index (κ1) is 21.3. The lowest BCUT2D eigenvalue weighted by Gasteiger charge is -2.33. The van der Waals surface area contributed by atoms with E-state index in [0.29, 0.717) is 24.0 Å². The van der Waals surface area contributed by atoms with E-state index in [2.05, 4.69) is 14.9 Å². The van der Waals surface area contributed by atoms with Crippen LogP contribution in [0, 0.1) is 12.8 Å². The summed E-state index contributed by atoms with van der Waals surface area (Å²) < 4.78 is 27.7. The Labute approximate surface area is 169 Å². The molecule has 2 N–H and O–H groups in total. The average Bonchev–Trinajstić information content (AvgIpc) is 2.68. The van der Waals surface area contributed by atoms with E-state index in [-0.39, 0.29) is 11.8 Å². The fraction of sp³-hybridized carbons (Fsp3) is 0.667. The first-order chi connectivity index (χ1) is 13.4. The molecule has 7 heteroatoms. The van der Waals surface area contributed by atoms with Crippen LogP contribution in [-0.4, -0.2) is 51.4 Å². The second-order valence-corrected chi connectivity index (χ2v) is 10.1. The van der Waals surface area contributed by atoms with Crippen molar-refractivity contribution in [1.29, 1.82) is 0 Å². The number of sulfonamides is 1. The molecule has 0 bridgehead atoms. The molecule has 3 rings (SSSR count). The van der Waals surface area contributed by atoms with Crippen molar-refractivity contribution in [3.05, 3.63) is 29.8 Å². The Kier molecular flexibility index (Phi) is 7.48. The topological polar surface area (TPSA) is 78.5 Å². The van der Waals surface area contributed by atoms with Gasteiger partial charge in [0.25, 0.3) is 0 Å². The highest BCUT2D eigenvalue weighted by molar-refractivity contribution is 7.89. The fourth-order valence-corrected chi connectivity index (χ4v) is 5.33. The zero-order valence-corrected chi connectivity index (χ0v) is 17.6. The first-order valence-corrected chi connectivity index (χ1v) is 12.0. The van der Waals surface area contributed by atoms with Gasteiger partial charge in [-0.25, -0.2) is 13.1 Å². The smallest absolute Gasteiger partial charge is 0.240 e. The Morgan fingerprint density at radius 1 is 1.07 bits per heavy atom. The molecule has 2 aliphatic rings. The summed E-state index contributed by atoms with van der Waals surface area (Å²) in [5.74, 6) is 0.337. The van der Waals surface area contributed by atoms with Gasteiger partial charge >= 0.3 is 0 Å².